The first-order chi connectivity index (χ1) is 20.9. The van der Waals surface area contributed by atoms with Crippen molar-refractivity contribution in [2.75, 3.05) is 7.05 Å². The number of amides is 2. The van der Waals surface area contributed by atoms with E-state index in [9.17, 15) is 18.4 Å². The van der Waals surface area contributed by atoms with Crippen molar-refractivity contribution in [3.05, 3.63) is 107 Å². The number of nitrogens with one attached hydrogen (secondary N) is 2. The van der Waals surface area contributed by atoms with E-state index in [4.69, 9.17) is 4.42 Å². The third kappa shape index (κ3) is 4.87. The van der Waals surface area contributed by atoms with Crippen LogP contribution in [-0.4, -0.2) is 34.8 Å². The molecule has 1 aliphatic rings. The smallest absolute Gasteiger partial charge is 0.255 e. The summed E-state index contributed by atoms with van der Waals surface area (Å²) in [6, 6.07) is 13.8. The van der Waals surface area contributed by atoms with E-state index < -0.39 is 47.8 Å². The molecule has 0 unspecified atom stereocenters. The van der Waals surface area contributed by atoms with Crippen LogP contribution in [0, 0.1) is 25.5 Å². The Morgan fingerprint density at radius 2 is 1.59 bits per heavy atom. The number of rotatable bonds is 6. The molecular weight excluding hydrogens is 576 g/mol. The summed E-state index contributed by atoms with van der Waals surface area (Å²) < 4.78 is 65.8. The first-order valence-electron chi connectivity index (χ1n) is 13.8. The van der Waals surface area contributed by atoms with Gasteiger partial charge in [0.25, 0.3) is 17.7 Å². The fraction of sp³-hybridized carbons (Fsp3) is 0.212. The average molecular weight is 603 g/mol. The minimum Gasteiger partial charge on any atom is -0.455 e. The maximum Gasteiger partial charge on any atom is 0.255 e. The van der Waals surface area contributed by atoms with E-state index in [1.807, 2.05) is 19.1 Å². The van der Waals surface area contributed by atoms with Crippen LogP contribution in [0.4, 0.5) is 17.6 Å². The van der Waals surface area contributed by atoms with Crippen LogP contribution in [0.5, 0.6) is 0 Å². The van der Waals surface area contributed by atoms with E-state index in [-0.39, 0.29) is 50.4 Å². The van der Waals surface area contributed by atoms with Crippen LogP contribution in [0.1, 0.15) is 50.5 Å². The zero-order valence-corrected chi connectivity index (χ0v) is 23.9. The number of halogens is 4. The number of hydrogen-bond donors (Lipinski definition) is 2. The lowest BCUT2D eigenvalue weighted by Crippen LogP contribution is -2.60. The molecule has 0 bridgehead atoms. The molecule has 2 N–H and O–H groups in total. The third-order valence-corrected chi connectivity index (χ3v) is 7.92. The van der Waals surface area contributed by atoms with Crippen molar-refractivity contribution >= 4 is 22.8 Å². The molecule has 44 heavy (non-hydrogen) atoms. The molecule has 7 nitrogen and oxygen atoms in total. The molecule has 0 saturated heterocycles. The SMILES string of the molecule is CNC(=O)c1c(-c2ccc(C)cc2)oc2ccc(-c3cc(C(=O)NC4(c5ncccn5)CC(F)(F)C4)cc(F)c3C)c(F)c12. The Hall–Kier alpha value is -5.06. The van der Waals surface area contributed by atoms with Crippen LogP contribution < -0.4 is 10.6 Å². The second kappa shape index (κ2) is 10.6. The molecule has 0 radical (unpaired) electrons. The largest absolute Gasteiger partial charge is 0.455 e. The van der Waals surface area contributed by atoms with Crippen LogP contribution in [-0.2, 0) is 5.54 Å². The fourth-order valence-corrected chi connectivity index (χ4v) is 5.67. The van der Waals surface area contributed by atoms with Gasteiger partial charge in [0.15, 0.2) is 5.82 Å². The van der Waals surface area contributed by atoms with E-state index in [0.717, 1.165) is 11.6 Å². The van der Waals surface area contributed by atoms with Gasteiger partial charge in [-0.3, -0.25) is 9.59 Å². The van der Waals surface area contributed by atoms with E-state index in [2.05, 4.69) is 20.6 Å². The molecule has 2 heterocycles. The average Bonchev–Trinajstić information content (AvgIpc) is 3.39. The summed E-state index contributed by atoms with van der Waals surface area (Å²) in [5.41, 5.74) is -0.164. The molecule has 11 heteroatoms. The highest BCUT2D eigenvalue weighted by Gasteiger charge is 2.60. The Kier molecular flexibility index (Phi) is 6.98. The molecule has 6 rings (SSSR count). The van der Waals surface area contributed by atoms with E-state index in [1.165, 1.54) is 50.6 Å². The second-order valence-corrected chi connectivity index (χ2v) is 11.0. The lowest BCUT2D eigenvalue weighted by atomic mass is 9.72. The molecular formula is C33H26F4N4O3. The van der Waals surface area contributed by atoms with Crippen molar-refractivity contribution in [2.45, 2.75) is 38.2 Å². The minimum absolute atomic E-state index is 0.00893. The number of fused-ring (bicyclic) bond motifs is 1. The van der Waals surface area contributed by atoms with Crippen LogP contribution in [0.2, 0.25) is 0 Å². The van der Waals surface area contributed by atoms with Crippen LogP contribution >= 0.6 is 0 Å². The van der Waals surface area contributed by atoms with Crippen molar-refractivity contribution in [1.82, 2.24) is 20.6 Å². The number of aromatic nitrogens is 2. The summed E-state index contributed by atoms with van der Waals surface area (Å²) in [6.07, 6.45) is 1.30. The number of benzene rings is 3. The van der Waals surface area contributed by atoms with Gasteiger partial charge in [0.1, 0.15) is 28.5 Å². The van der Waals surface area contributed by atoms with Gasteiger partial charge >= 0.3 is 0 Å². The predicted octanol–water partition coefficient (Wildman–Crippen LogP) is 6.87. The van der Waals surface area contributed by atoms with Gasteiger partial charge in [0.2, 0.25) is 0 Å². The molecule has 0 atom stereocenters. The van der Waals surface area contributed by atoms with Crippen molar-refractivity contribution in [2.24, 2.45) is 0 Å². The standard InChI is InChI=1S/C33H26F4N4O3/c1-17-5-7-19(8-6-17)28-26(30(43)38-3)25-24(44-28)10-9-21(27(25)35)22-13-20(14-23(34)18(22)2)29(42)41-32(15-33(36,37)16-32)31-39-11-4-12-40-31/h4-14H,15-16H2,1-3H3,(H,38,43)(H,41,42). The zero-order valence-electron chi connectivity index (χ0n) is 23.9. The Morgan fingerprint density at radius 3 is 2.23 bits per heavy atom. The lowest BCUT2D eigenvalue weighted by molar-refractivity contribution is -0.136. The second-order valence-electron chi connectivity index (χ2n) is 11.0. The van der Waals surface area contributed by atoms with Gasteiger partial charge in [0, 0.05) is 49.0 Å². The zero-order chi connectivity index (χ0) is 31.4. The van der Waals surface area contributed by atoms with Gasteiger partial charge in [-0.2, -0.15) is 0 Å². The fourth-order valence-electron chi connectivity index (χ4n) is 5.67. The van der Waals surface area contributed by atoms with Gasteiger partial charge in [-0.05, 0) is 55.3 Å². The highest BCUT2D eigenvalue weighted by molar-refractivity contribution is 6.12. The third-order valence-electron chi connectivity index (χ3n) is 7.92. The van der Waals surface area contributed by atoms with Crippen molar-refractivity contribution in [1.29, 1.82) is 0 Å². The number of carbonyl (C=O) groups is 2. The monoisotopic (exact) mass is 602 g/mol. The summed E-state index contributed by atoms with van der Waals surface area (Å²) in [4.78, 5) is 34.5. The Labute approximate surface area is 249 Å². The molecule has 5 aromatic rings. The predicted molar refractivity (Wildman–Crippen MR) is 155 cm³/mol. The maximum atomic E-state index is 16.4. The van der Waals surface area contributed by atoms with Gasteiger partial charge in [-0.1, -0.05) is 29.8 Å². The minimum atomic E-state index is -3.04. The van der Waals surface area contributed by atoms with Crippen LogP contribution in [0.15, 0.2) is 71.4 Å². The summed E-state index contributed by atoms with van der Waals surface area (Å²) in [5, 5.41) is 4.99. The van der Waals surface area contributed by atoms with Gasteiger partial charge < -0.3 is 15.1 Å². The highest BCUT2D eigenvalue weighted by atomic mass is 19.3. The first kappa shape index (κ1) is 29.0. The van der Waals surface area contributed by atoms with Crippen molar-refractivity contribution in [3.63, 3.8) is 0 Å². The number of alkyl halides is 2. The summed E-state index contributed by atoms with van der Waals surface area (Å²) in [5.74, 6) is -5.97. The molecule has 0 spiro atoms. The number of furan rings is 1. The van der Waals surface area contributed by atoms with Crippen LogP contribution in [0.3, 0.4) is 0 Å². The summed E-state index contributed by atoms with van der Waals surface area (Å²) >= 11 is 0. The Morgan fingerprint density at radius 1 is 0.909 bits per heavy atom. The maximum absolute atomic E-state index is 16.4. The van der Waals surface area contributed by atoms with Crippen molar-refractivity contribution in [3.8, 4) is 22.5 Å². The summed E-state index contributed by atoms with van der Waals surface area (Å²) in [7, 11) is 1.41. The van der Waals surface area contributed by atoms with Crippen molar-refractivity contribution < 1.29 is 31.6 Å². The highest BCUT2D eigenvalue weighted by Crippen LogP contribution is 2.50. The van der Waals surface area contributed by atoms with E-state index >= 15 is 8.78 Å². The van der Waals surface area contributed by atoms with Gasteiger partial charge in [-0.15, -0.1) is 0 Å². The van der Waals surface area contributed by atoms with E-state index in [0.29, 0.717) is 5.56 Å². The first-order valence-corrected chi connectivity index (χ1v) is 13.8. The molecule has 224 valence electrons. The number of hydrogen-bond acceptors (Lipinski definition) is 5. The normalized spacial score (nSPS) is 15.1. The lowest BCUT2D eigenvalue weighted by Gasteiger charge is -2.46. The number of nitrogens with zero attached hydrogens (tertiary/aromatic N) is 2. The topological polar surface area (TPSA) is 97.1 Å². The molecule has 1 fully saturated rings. The van der Waals surface area contributed by atoms with Gasteiger partial charge in [-0.25, -0.2) is 27.5 Å². The summed E-state index contributed by atoms with van der Waals surface area (Å²) in [6.45, 7) is 3.33. The number of carbonyl (C=O) groups excluding carboxylic acids is 2. The van der Waals surface area contributed by atoms with E-state index in [1.54, 1.807) is 12.1 Å². The van der Waals surface area contributed by atoms with Crippen LogP contribution in [0.25, 0.3) is 33.4 Å². The molecule has 1 saturated carbocycles. The molecule has 1 aliphatic carbocycles. The molecule has 0 aliphatic heterocycles. The molecule has 2 aromatic heterocycles. The molecule has 2 amide bonds. The number of aryl methyl sites for hydroxylation is 1. The molecule has 3 aromatic carbocycles. The Bertz CT molecular complexity index is 1930. The quantitative estimate of drug-likeness (QED) is 0.207. The van der Waals surface area contributed by atoms with Gasteiger partial charge in [0.05, 0.1) is 10.9 Å². The Balaban J connectivity index is 1.45.